The summed E-state index contributed by atoms with van der Waals surface area (Å²) >= 11 is 0. The number of aliphatic hydroxyl groups is 1. The molecule has 2 fully saturated rings. The molecule has 3 unspecified atom stereocenters. The Morgan fingerprint density at radius 2 is 1.81 bits per heavy atom. The van der Waals surface area contributed by atoms with E-state index in [-0.39, 0.29) is 28.0 Å². The molecule has 37 heavy (non-hydrogen) atoms. The number of benzene rings is 2. The molecular formula is C29H30N2O5S. The van der Waals surface area contributed by atoms with Crippen molar-refractivity contribution in [1.82, 2.24) is 9.88 Å². The lowest BCUT2D eigenvalue weighted by atomic mass is 9.49. The number of sulfone groups is 1. The number of piperidine rings is 1. The van der Waals surface area contributed by atoms with Crippen LogP contribution < -0.4 is 5.56 Å². The summed E-state index contributed by atoms with van der Waals surface area (Å²) in [6.45, 7) is 1.81. The van der Waals surface area contributed by atoms with Crippen molar-refractivity contribution in [3.05, 3.63) is 87.3 Å². The van der Waals surface area contributed by atoms with Crippen LogP contribution in [0.1, 0.15) is 41.6 Å². The van der Waals surface area contributed by atoms with Crippen molar-refractivity contribution in [2.45, 2.75) is 65.4 Å². The molecule has 3 aromatic rings. The van der Waals surface area contributed by atoms with E-state index in [1.54, 1.807) is 30.3 Å². The average molecular weight is 519 g/mol. The van der Waals surface area contributed by atoms with Crippen LogP contribution >= 0.6 is 0 Å². The highest BCUT2D eigenvalue weighted by Crippen LogP contribution is 2.57. The zero-order valence-corrected chi connectivity index (χ0v) is 21.3. The lowest BCUT2D eigenvalue weighted by Crippen LogP contribution is -2.74. The molecule has 1 saturated heterocycles. The van der Waals surface area contributed by atoms with Crippen molar-refractivity contribution in [3.8, 4) is 5.75 Å². The molecule has 3 atom stereocenters. The molecule has 1 aromatic heterocycles. The maximum atomic E-state index is 13.4. The van der Waals surface area contributed by atoms with Crippen LogP contribution in [0.4, 0.5) is 0 Å². The smallest absolute Gasteiger partial charge is 0.267 e. The minimum atomic E-state index is -4.01. The molecule has 7 nitrogen and oxygen atoms in total. The normalized spacial score (nSPS) is 28.7. The van der Waals surface area contributed by atoms with E-state index in [1.165, 1.54) is 31.0 Å². The molecule has 0 radical (unpaired) electrons. The molecule has 0 spiro atoms. The number of H-pyrrole nitrogens is 1. The van der Waals surface area contributed by atoms with Crippen LogP contribution in [-0.4, -0.2) is 53.2 Å². The zero-order chi connectivity index (χ0) is 25.6. The Balaban J connectivity index is 1.39. The van der Waals surface area contributed by atoms with Gasteiger partial charge in [-0.05, 0) is 85.2 Å². The number of rotatable bonds is 4. The number of aromatic nitrogens is 1. The first-order chi connectivity index (χ1) is 17.7. The van der Waals surface area contributed by atoms with Crippen molar-refractivity contribution >= 4 is 9.84 Å². The van der Waals surface area contributed by atoms with E-state index in [1.807, 2.05) is 6.07 Å². The molecule has 2 aromatic carbocycles. The molecule has 2 bridgehead atoms. The fourth-order valence-electron chi connectivity index (χ4n) is 7.29. The Morgan fingerprint density at radius 3 is 2.57 bits per heavy atom. The lowest BCUT2D eigenvalue weighted by Gasteiger charge is -2.63. The van der Waals surface area contributed by atoms with Crippen LogP contribution in [0.3, 0.4) is 0 Å². The van der Waals surface area contributed by atoms with Gasteiger partial charge in [-0.3, -0.25) is 9.69 Å². The number of nitrogens with one attached hydrogen (secondary N) is 1. The fourth-order valence-corrected chi connectivity index (χ4v) is 8.65. The highest BCUT2D eigenvalue weighted by atomic mass is 32.2. The monoisotopic (exact) mass is 518 g/mol. The van der Waals surface area contributed by atoms with E-state index in [0.717, 1.165) is 24.2 Å². The van der Waals surface area contributed by atoms with Crippen LogP contribution in [0.2, 0.25) is 0 Å². The van der Waals surface area contributed by atoms with E-state index in [4.69, 9.17) is 0 Å². The third kappa shape index (κ3) is 3.32. The van der Waals surface area contributed by atoms with E-state index < -0.39 is 26.4 Å². The number of aromatic amines is 1. The Morgan fingerprint density at radius 1 is 1.03 bits per heavy atom. The number of hydrogen-bond acceptors (Lipinski definition) is 6. The van der Waals surface area contributed by atoms with E-state index in [2.05, 4.69) is 9.88 Å². The van der Waals surface area contributed by atoms with Gasteiger partial charge in [0.15, 0.2) is 0 Å². The summed E-state index contributed by atoms with van der Waals surface area (Å²) in [4.78, 5) is 18.3. The predicted octanol–water partition coefficient (Wildman–Crippen LogP) is 2.72. The number of nitrogens with zero attached hydrogens (tertiary/aromatic N) is 1. The molecule has 4 aliphatic rings. The summed E-state index contributed by atoms with van der Waals surface area (Å²) in [7, 11) is -4.01. The number of hydrogen-bond donors (Lipinski definition) is 3. The minimum absolute atomic E-state index is 0.0704. The molecule has 8 heteroatoms. The first-order valence-corrected chi connectivity index (χ1v) is 14.5. The third-order valence-electron chi connectivity index (χ3n) is 9.32. The summed E-state index contributed by atoms with van der Waals surface area (Å²) in [6, 6.07) is 14.8. The average Bonchev–Trinajstić information content (AvgIpc) is 3.69. The number of pyridine rings is 1. The van der Waals surface area contributed by atoms with Gasteiger partial charge in [0, 0.05) is 36.5 Å². The van der Waals surface area contributed by atoms with E-state index >= 15 is 0 Å². The number of phenolic OH excluding ortho intramolecular Hbond substituents is 1. The van der Waals surface area contributed by atoms with Gasteiger partial charge in [0.05, 0.1) is 10.5 Å². The van der Waals surface area contributed by atoms with Gasteiger partial charge in [-0.15, -0.1) is 0 Å². The molecule has 192 valence electrons. The highest BCUT2D eigenvalue weighted by molar-refractivity contribution is 7.91. The van der Waals surface area contributed by atoms with E-state index in [9.17, 15) is 23.4 Å². The van der Waals surface area contributed by atoms with Gasteiger partial charge in [0.1, 0.15) is 10.6 Å². The Bertz CT molecular complexity index is 1580. The van der Waals surface area contributed by atoms with Crippen molar-refractivity contribution in [3.63, 3.8) is 0 Å². The first-order valence-electron chi connectivity index (χ1n) is 13.1. The van der Waals surface area contributed by atoms with Crippen LogP contribution in [0.15, 0.2) is 69.2 Å². The van der Waals surface area contributed by atoms with Crippen LogP contribution in [0.25, 0.3) is 0 Å². The number of likely N-dealkylation sites (tertiary alicyclic amines) is 1. The number of fused-ring (bicyclic) bond motifs is 2. The molecule has 3 N–H and O–H groups in total. The summed E-state index contributed by atoms with van der Waals surface area (Å²) in [5.41, 5.74) is 0.965. The first kappa shape index (κ1) is 23.2. The summed E-state index contributed by atoms with van der Waals surface area (Å²) < 4.78 is 26.7. The summed E-state index contributed by atoms with van der Waals surface area (Å²) in [5, 5.41) is 23.1. The van der Waals surface area contributed by atoms with Crippen molar-refractivity contribution in [2.75, 3.05) is 13.1 Å². The Labute approximate surface area is 215 Å². The van der Waals surface area contributed by atoms with Gasteiger partial charge in [0.2, 0.25) is 9.84 Å². The van der Waals surface area contributed by atoms with Gasteiger partial charge >= 0.3 is 0 Å². The second kappa shape index (κ2) is 7.79. The van der Waals surface area contributed by atoms with Gasteiger partial charge in [-0.1, -0.05) is 24.3 Å². The fraction of sp³-hybridized carbons (Fsp3) is 0.414. The van der Waals surface area contributed by atoms with Crippen LogP contribution in [-0.2, 0) is 34.5 Å². The maximum absolute atomic E-state index is 13.4. The van der Waals surface area contributed by atoms with Crippen LogP contribution in [0, 0.1) is 5.92 Å². The summed E-state index contributed by atoms with van der Waals surface area (Å²) in [6.07, 6.45) is 4.47. The van der Waals surface area contributed by atoms with Crippen molar-refractivity contribution < 1.29 is 18.6 Å². The lowest BCUT2D eigenvalue weighted by molar-refractivity contribution is -0.152. The van der Waals surface area contributed by atoms with Crippen LogP contribution in [0.5, 0.6) is 5.75 Å². The third-order valence-corrected chi connectivity index (χ3v) is 11.1. The molecule has 1 saturated carbocycles. The predicted molar refractivity (Wildman–Crippen MR) is 138 cm³/mol. The largest absolute Gasteiger partial charge is 0.508 e. The highest BCUT2D eigenvalue weighted by Gasteiger charge is 2.64. The zero-order valence-electron chi connectivity index (χ0n) is 20.5. The van der Waals surface area contributed by atoms with Gasteiger partial charge in [0.25, 0.3) is 5.56 Å². The quantitative estimate of drug-likeness (QED) is 0.490. The van der Waals surface area contributed by atoms with Crippen molar-refractivity contribution in [1.29, 1.82) is 0 Å². The second-order valence-corrected chi connectivity index (χ2v) is 13.3. The molecular weight excluding hydrogens is 488 g/mol. The molecule has 2 heterocycles. The standard InChI is InChI=1S/C29H30N2O5S/c32-21-9-8-19-13-26-29(34)15-20-12-25(37(35,36)22-4-2-1-3-5-22)27(33)30-24(20)16-28(29,23(19)14-21)10-11-31(26)17-18-6-7-18/h1-5,8-9,12,14,18,26,32,34H,6-7,10-11,13,15-17H2,(H,30,33). The summed E-state index contributed by atoms with van der Waals surface area (Å²) in [5.74, 6) is 0.838. The minimum Gasteiger partial charge on any atom is -0.508 e. The number of aromatic hydroxyl groups is 1. The topological polar surface area (TPSA) is 111 Å². The van der Waals surface area contributed by atoms with Gasteiger partial charge in [-0.2, -0.15) is 0 Å². The Hall–Kier alpha value is -2.94. The van der Waals surface area contributed by atoms with Crippen molar-refractivity contribution in [2.24, 2.45) is 5.92 Å². The molecule has 1 aliphatic heterocycles. The van der Waals surface area contributed by atoms with Gasteiger partial charge in [-0.25, -0.2) is 8.42 Å². The Kier molecular flexibility index (Phi) is 4.88. The second-order valence-electron chi connectivity index (χ2n) is 11.4. The maximum Gasteiger partial charge on any atom is 0.267 e. The number of phenols is 1. The molecule has 7 rings (SSSR count). The molecule has 0 amide bonds. The van der Waals surface area contributed by atoms with E-state index in [0.29, 0.717) is 36.4 Å². The SMILES string of the molecule is O=c1[nH]c2c(cc1S(=O)(=O)c1ccccc1)CC1(O)C3Cc4ccc(O)cc4C1(CCN3CC1CC1)C2. The van der Waals surface area contributed by atoms with Gasteiger partial charge < -0.3 is 15.2 Å². The molecule has 3 aliphatic carbocycles.